The van der Waals surface area contributed by atoms with E-state index in [0.29, 0.717) is 17.1 Å². The normalized spacial score (nSPS) is 18.6. The number of anilines is 1. The Labute approximate surface area is 117 Å². The Morgan fingerprint density at radius 2 is 2.30 bits per heavy atom. The molecule has 1 aliphatic heterocycles. The van der Waals surface area contributed by atoms with Crippen molar-refractivity contribution in [3.63, 3.8) is 0 Å². The Bertz CT molecular complexity index is 596. The summed E-state index contributed by atoms with van der Waals surface area (Å²) in [7, 11) is 1.59. The molecule has 0 aliphatic carbocycles. The molecule has 0 saturated carbocycles. The van der Waals surface area contributed by atoms with Crippen molar-refractivity contribution >= 4 is 11.7 Å². The number of hydrogen-bond donors (Lipinski definition) is 2. The SMILES string of the molecule is CN1C(=O)C(N)COc2c(C#CC(C)(C)O)ccnc21. The van der Waals surface area contributed by atoms with Crippen molar-refractivity contribution in [2.75, 3.05) is 18.6 Å². The first-order valence-electron chi connectivity index (χ1n) is 6.20. The highest BCUT2D eigenvalue weighted by atomic mass is 16.5. The first kappa shape index (κ1) is 14.3. The summed E-state index contributed by atoms with van der Waals surface area (Å²) in [5.41, 5.74) is 5.17. The summed E-state index contributed by atoms with van der Waals surface area (Å²) in [6.07, 6.45) is 1.54. The van der Waals surface area contributed by atoms with E-state index in [4.69, 9.17) is 10.5 Å². The third-order valence-corrected chi connectivity index (χ3v) is 2.76. The molecule has 1 aliphatic rings. The number of carbonyl (C=O) groups is 1. The van der Waals surface area contributed by atoms with Crippen LogP contribution in [0.2, 0.25) is 0 Å². The summed E-state index contributed by atoms with van der Waals surface area (Å²) in [4.78, 5) is 17.4. The number of amides is 1. The fraction of sp³-hybridized carbons (Fsp3) is 0.429. The van der Waals surface area contributed by atoms with Gasteiger partial charge in [-0.2, -0.15) is 0 Å². The molecule has 6 heteroatoms. The molecule has 0 saturated heterocycles. The van der Waals surface area contributed by atoms with Gasteiger partial charge in [-0.05, 0) is 19.9 Å². The summed E-state index contributed by atoms with van der Waals surface area (Å²) < 4.78 is 5.56. The molecular formula is C14H17N3O3. The zero-order chi connectivity index (χ0) is 14.9. The van der Waals surface area contributed by atoms with E-state index < -0.39 is 11.6 Å². The second kappa shape index (κ2) is 5.12. The van der Waals surface area contributed by atoms with Crippen LogP contribution in [0.5, 0.6) is 5.75 Å². The largest absolute Gasteiger partial charge is 0.486 e. The molecule has 1 atom stereocenters. The molecule has 20 heavy (non-hydrogen) atoms. The van der Waals surface area contributed by atoms with E-state index in [1.165, 1.54) is 11.1 Å². The standard InChI is InChI=1S/C14H17N3O3/c1-14(2,19)6-4-9-5-7-16-12-11(9)20-8-10(15)13(18)17(12)3/h5,7,10,19H,8,15H2,1-3H3. The van der Waals surface area contributed by atoms with E-state index in [2.05, 4.69) is 16.8 Å². The van der Waals surface area contributed by atoms with Crippen LogP contribution < -0.4 is 15.4 Å². The molecule has 2 rings (SSSR count). The minimum atomic E-state index is -1.11. The van der Waals surface area contributed by atoms with Crippen LogP contribution in [0.15, 0.2) is 12.3 Å². The van der Waals surface area contributed by atoms with E-state index in [0.717, 1.165) is 0 Å². The number of nitrogens with two attached hydrogens (primary N) is 1. The number of ether oxygens (including phenoxy) is 1. The minimum absolute atomic E-state index is 0.0685. The Hall–Kier alpha value is -2.10. The van der Waals surface area contributed by atoms with Gasteiger partial charge in [0, 0.05) is 13.2 Å². The van der Waals surface area contributed by atoms with Crippen molar-refractivity contribution in [1.29, 1.82) is 0 Å². The lowest BCUT2D eigenvalue weighted by atomic mass is 10.1. The summed E-state index contributed by atoms with van der Waals surface area (Å²) in [5, 5.41) is 9.66. The molecule has 0 fully saturated rings. The Balaban J connectivity index is 2.49. The second-order valence-electron chi connectivity index (χ2n) is 5.14. The van der Waals surface area contributed by atoms with Crippen LogP contribution >= 0.6 is 0 Å². The average Bonchev–Trinajstić information content (AvgIpc) is 2.49. The van der Waals surface area contributed by atoms with E-state index in [-0.39, 0.29) is 12.5 Å². The van der Waals surface area contributed by atoms with Crippen LogP contribution in [-0.2, 0) is 4.79 Å². The highest BCUT2D eigenvalue weighted by Gasteiger charge is 2.28. The smallest absolute Gasteiger partial charge is 0.248 e. The van der Waals surface area contributed by atoms with Crippen molar-refractivity contribution in [2.45, 2.75) is 25.5 Å². The molecule has 1 unspecified atom stereocenters. The molecule has 1 amide bonds. The quantitative estimate of drug-likeness (QED) is 0.645. The molecule has 1 aromatic rings. The topological polar surface area (TPSA) is 88.7 Å². The lowest BCUT2D eigenvalue weighted by Gasteiger charge is -2.16. The fourth-order valence-corrected chi connectivity index (χ4v) is 1.73. The van der Waals surface area contributed by atoms with Gasteiger partial charge in [-0.15, -0.1) is 0 Å². The number of aromatic nitrogens is 1. The van der Waals surface area contributed by atoms with E-state index in [9.17, 15) is 9.90 Å². The van der Waals surface area contributed by atoms with Crippen molar-refractivity contribution in [2.24, 2.45) is 5.73 Å². The number of rotatable bonds is 0. The Morgan fingerprint density at radius 3 is 2.95 bits per heavy atom. The highest BCUT2D eigenvalue weighted by molar-refractivity contribution is 5.98. The third-order valence-electron chi connectivity index (χ3n) is 2.76. The van der Waals surface area contributed by atoms with Gasteiger partial charge in [0.2, 0.25) is 5.91 Å². The van der Waals surface area contributed by atoms with E-state index in [1.54, 1.807) is 27.0 Å². The Morgan fingerprint density at radius 1 is 1.60 bits per heavy atom. The van der Waals surface area contributed by atoms with Crippen LogP contribution in [0.25, 0.3) is 0 Å². The van der Waals surface area contributed by atoms with E-state index in [1.807, 2.05) is 0 Å². The summed E-state index contributed by atoms with van der Waals surface area (Å²) in [6, 6.07) is 0.941. The summed E-state index contributed by atoms with van der Waals surface area (Å²) in [5.74, 6) is 6.09. The number of fused-ring (bicyclic) bond motifs is 1. The number of carbonyl (C=O) groups excluding carboxylic acids is 1. The molecule has 0 aromatic carbocycles. The number of likely N-dealkylation sites (N-methyl/N-ethyl adjacent to an activating group) is 1. The van der Waals surface area contributed by atoms with Crippen molar-refractivity contribution in [3.05, 3.63) is 17.8 Å². The number of hydrogen-bond acceptors (Lipinski definition) is 5. The molecule has 6 nitrogen and oxygen atoms in total. The molecular weight excluding hydrogens is 258 g/mol. The van der Waals surface area contributed by atoms with Crippen LogP contribution in [-0.4, -0.2) is 41.3 Å². The zero-order valence-electron chi connectivity index (χ0n) is 11.7. The van der Waals surface area contributed by atoms with Gasteiger partial charge < -0.3 is 15.6 Å². The molecule has 0 spiro atoms. The van der Waals surface area contributed by atoms with Gasteiger partial charge in [0.05, 0.1) is 5.56 Å². The highest BCUT2D eigenvalue weighted by Crippen LogP contribution is 2.31. The van der Waals surface area contributed by atoms with Gasteiger partial charge in [-0.25, -0.2) is 4.98 Å². The molecule has 106 valence electrons. The zero-order valence-corrected chi connectivity index (χ0v) is 11.7. The third kappa shape index (κ3) is 2.90. The van der Waals surface area contributed by atoms with Gasteiger partial charge in [-0.1, -0.05) is 11.8 Å². The molecule has 1 aromatic heterocycles. The maximum atomic E-state index is 11.9. The van der Waals surface area contributed by atoms with Gasteiger partial charge in [0.25, 0.3) is 0 Å². The van der Waals surface area contributed by atoms with Gasteiger partial charge in [-0.3, -0.25) is 9.69 Å². The summed E-state index contributed by atoms with van der Waals surface area (Å²) >= 11 is 0. The van der Waals surface area contributed by atoms with Crippen molar-refractivity contribution in [3.8, 4) is 17.6 Å². The van der Waals surface area contributed by atoms with Gasteiger partial charge in [0.15, 0.2) is 11.6 Å². The predicted molar refractivity (Wildman–Crippen MR) is 74.3 cm³/mol. The molecule has 0 bridgehead atoms. The first-order chi connectivity index (χ1) is 9.29. The molecule has 2 heterocycles. The lowest BCUT2D eigenvalue weighted by molar-refractivity contribution is -0.119. The lowest BCUT2D eigenvalue weighted by Crippen LogP contribution is -2.43. The minimum Gasteiger partial charge on any atom is -0.486 e. The van der Waals surface area contributed by atoms with E-state index >= 15 is 0 Å². The monoisotopic (exact) mass is 275 g/mol. The number of pyridine rings is 1. The van der Waals surface area contributed by atoms with Crippen LogP contribution in [0.3, 0.4) is 0 Å². The maximum absolute atomic E-state index is 11.9. The molecule has 0 radical (unpaired) electrons. The number of aliphatic hydroxyl groups is 1. The summed E-state index contributed by atoms with van der Waals surface area (Å²) in [6.45, 7) is 3.25. The van der Waals surface area contributed by atoms with Crippen molar-refractivity contribution in [1.82, 2.24) is 4.98 Å². The second-order valence-corrected chi connectivity index (χ2v) is 5.14. The molecule has 3 N–H and O–H groups in total. The van der Waals surface area contributed by atoms with Crippen LogP contribution in [0.1, 0.15) is 19.4 Å². The number of nitrogens with zero attached hydrogens (tertiary/aromatic N) is 2. The maximum Gasteiger partial charge on any atom is 0.248 e. The van der Waals surface area contributed by atoms with Gasteiger partial charge in [0.1, 0.15) is 18.2 Å². The van der Waals surface area contributed by atoms with Crippen molar-refractivity contribution < 1.29 is 14.6 Å². The average molecular weight is 275 g/mol. The van der Waals surface area contributed by atoms with Gasteiger partial charge >= 0.3 is 0 Å². The van der Waals surface area contributed by atoms with Crippen LogP contribution in [0.4, 0.5) is 5.82 Å². The predicted octanol–water partition coefficient (Wildman–Crippen LogP) is -0.113. The fourth-order valence-electron chi connectivity index (χ4n) is 1.73. The van der Waals surface area contributed by atoms with Crippen LogP contribution in [0, 0.1) is 11.8 Å². The first-order valence-corrected chi connectivity index (χ1v) is 6.20. The Kier molecular flexibility index (Phi) is 3.66.